The topological polar surface area (TPSA) is 96.5 Å². The van der Waals surface area contributed by atoms with Crippen LogP contribution in [0.5, 0.6) is 0 Å². The Morgan fingerprint density at radius 1 is 0.900 bits per heavy atom. The molecule has 8 heteroatoms. The standard InChI is InChI=1S/C22H25N3O4S/c1-23-20(27)15-17-7-9-18(10-8-17)24-22(30)25-19(26)11-12-21(28)29-14-13-16-5-3-2-4-6-16/h2-10H,11-15H2,1H3,(H,23,27)(H2,24,25,26,30). The van der Waals surface area contributed by atoms with Crippen molar-refractivity contribution >= 4 is 40.8 Å². The van der Waals surface area contributed by atoms with Crippen LogP contribution in [0.15, 0.2) is 54.6 Å². The molecule has 0 saturated carbocycles. The van der Waals surface area contributed by atoms with Crippen LogP contribution in [0.2, 0.25) is 0 Å². The van der Waals surface area contributed by atoms with E-state index in [1.807, 2.05) is 30.3 Å². The Bertz CT molecular complexity index is 870. The number of rotatable bonds is 9. The van der Waals surface area contributed by atoms with E-state index in [1.165, 1.54) is 0 Å². The summed E-state index contributed by atoms with van der Waals surface area (Å²) < 4.78 is 5.15. The molecule has 0 spiro atoms. The van der Waals surface area contributed by atoms with Gasteiger partial charge in [0.25, 0.3) is 0 Å². The fourth-order valence-corrected chi connectivity index (χ4v) is 2.78. The summed E-state index contributed by atoms with van der Waals surface area (Å²) in [5.41, 5.74) is 2.63. The maximum atomic E-state index is 12.0. The van der Waals surface area contributed by atoms with Crippen molar-refractivity contribution in [3.05, 3.63) is 65.7 Å². The molecule has 0 aliphatic rings. The summed E-state index contributed by atoms with van der Waals surface area (Å²) in [7, 11) is 1.59. The summed E-state index contributed by atoms with van der Waals surface area (Å²) in [5.74, 6) is -0.868. The van der Waals surface area contributed by atoms with Crippen LogP contribution in [0, 0.1) is 0 Å². The van der Waals surface area contributed by atoms with Gasteiger partial charge < -0.3 is 20.7 Å². The molecule has 2 aromatic rings. The van der Waals surface area contributed by atoms with Gasteiger partial charge in [0.1, 0.15) is 0 Å². The first-order chi connectivity index (χ1) is 14.5. The molecule has 0 atom stereocenters. The maximum Gasteiger partial charge on any atom is 0.306 e. The van der Waals surface area contributed by atoms with E-state index in [2.05, 4.69) is 16.0 Å². The van der Waals surface area contributed by atoms with Crippen LogP contribution in [-0.4, -0.2) is 36.6 Å². The molecule has 7 nitrogen and oxygen atoms in total. The second-order valence-corrected chi connectivity index (χ2v) is 6.91. The third kappa shape index (κ3) is 8.83. The van der Waals surface area contributed by atoms with Crippen LogP contribution < -0.4 is 16.0 Å². The molecule has 0 saturated heterocycles. The highest BCUT2D eigenvalue weighted by molar-refractivity contribution is 7.80. The molecule has 0 aliphatic heterocycles. The number of ether oxygens (including phenoxy) is 1. The normalized spacial score (nSPS) is 10.0. The summed E-state index contributed by atoms with van der Waals surface area (Å²) in [4.78, 5) is 35.1. The van der Waals surface area contributed by atoms with Crippen molar-refractivity contribution < 1.29 is 19.1 Å². The molecule has 2 rings (SSSR count). The number of carbonyl (C=O) groups is 3. The summed E-state index contributed by atoms with van der Waals surface area (Å²) in [5, 5.41) is 8.12. The van der Waals surface area contributed by atoms with Crippen molar-refractivity contribution in [2.24, 2.45) is 0 Å². The Balaban J connectivity index is 1.64. The van der Waals surface area contributed by atoms with E-state index in [0.717, 1.165) is 11.1 Å². The van der Waals surface area contributed by atoms with Gasteiger partial charge >= 0.3 is 5.97 Å². The first kappa shape index (κ1) is 23.0. The second kappa shape index (κ2) is 12.3. The van der Waals surface area contributed by atoms with Crippen LogP contribution in [-0.2, 0) is 32.0 Å². The smallest absolute Gasteiger partial charge is 0.306 e. The SMILES string of the molecule is CNC(=O)Cc1ccc(NC(=S)NC(=O)CCC(=O)OCCc2ccccc2)cc1. The van der Waals surface area contributed by atoms with E-state index < -0.39 is 5.97 Å². The summed E-state index contributed by atoms with van der Waals surface area (Å²) >= 11 is 5.11. The molecular formula is C22H25N3O4S. The number of nitrogens with one attached hydrogen (secondary N) is 3. The fraction of sp³-hybridized carbons (Fsp3) is 0.273. The summed E-state index contributed by atoms with van der Waals surface area (Å²) in [6, 6.07) is 16.8. The monoisotopic (exact) mass is 427 g/mol. The number of carbonyl (C=O) groups excluding carboxylic acids is 3. The highest BCUT2D eigenvalue weighted by Gasteiger charge is 2.10. The molecule has 0 unspecified atom stereocenters. The largest absolute Gasteiger partial charge is 0.465 e. The number of amides is 2. The fourth-order valence-electron chi connectivity index (χ4n) is 2.55. The second-order valence-electron chi connectivity index (χ2n) is 6.51. The minimum Gasteiger partial charge on any atom is -0.465 e. The van der Waals surface area contributed by atoms with Gasteiger partial charge in [-0.1, -0.05) is 42.5 Å². The molecule has 2 aromatic carbocycles. The average molecular weight is 428 g/mol. The van der Waals surface area contributed by atoms with Gasteiger partial charge in [-0.05, 0) is 35.5 Å². The number of hydrogen-bond donors (Lipinski definition) is 3. The Morgan fingerprint density at radius 3 is 2.27 bits per heavy atom. The zero-order valence-electron chi connectivity index (χ0n) is 16.8. The van der Waals surface area contributed by atoms with E-state index in [0.29, 0.717) is 18.5 Å². The van der Waals surface area contributed by atoms with Crippen LogP contribution in [0.25, 0.3) is 0 Å². The van der Waals surface area contributed by atoms with E-state index >= 15 is 0 Å². The van der Waals surface area contributed by atoms with Crippen molar-refractivity contribution in [2.45, 2.75) is 25.7 Å². The lowest BCUT2D eigenvalue weighted by atomic mass is 10.1. The quantitative estimate of drug-likeness (QED) is 0.420. The molecule has 0 aromatic heterocycles. The Morgan fingerprint density at radius 2 is 1.60 bits per heavy atom. The van der Waals surface area contributed by atoms with Gasteiger partial charge in [0.05, 0.1) is 19.4 Å². The molecule has 3 N–H and O–H groups in total. The predicted molar refractivity (Wildman–Crippen MR) is 119 cm³/mol. The van der Waals surface area contributed by atoms with Crippen LogP contribution in [0.4, 0.5) is 5.69 Å². The Hall–Kier alpha value is -3.26. The first-order valence-electron chi connectivity index (χ1n) is 9.56. The first-order valence-corrected chi connectivity index (χ1v) is 9.97. The Kier molecular flexibility index (Phi) is 9.47. The number of thiocarbonyl (C=S) groups is 1. The van der Waals surface area contributed by atoms with Crippen molar-refractivity contribution in [1.82, 2.24) is 10.6 Å². The third-order valence-electron chi connectivity index (χ3n) is 4.16. The van der Waals surface area contributed by atoms with E-state index in [-0.39, 0.29) is 36.4 Å². The van der Waals surface area contributed by atoms with Crippen molar-refractivity contribution in [3.63, 3.8) is 0 Å². The van der Waals surface area contributed by atoms with Gasteiger partial charge in [-0.15, -0.1) is 0 Å². The third-order valence-corrected chi connectivity index (χ3v) is 4.37. The molecule has 2 amide bonds. The molecule has 0 bridgehead atoms. The van der Waals surface area contributed by atoms with Gasteiger partial charge in [0, 0.05) is 25.6 Å². The number of benzene rings is 2. The molecule has 158 valence electrons. The number of esters is 1. The molecule has 0 heterocycles. The Labute approximate surface area is 181 Å². The van der Waals surface area contributed by atoms with E-state index in [9.17, 15) is 14.4 Å². The van der Waals surface area contributed by atoms with Gasteiger partial charge in [-0.3, -0.25) is 14.4 Å². The number of likely N-dealkylation sites (N-methyl/N-ethyl adjacent to an activating group) is 1. The van der Waals surface area contributed by atoms with Crippen molar-refractivity contribution in [2.75, 3.05) is 19.0 Å². The van der Waals surface area contributed by atoms with Gasteiger partial charge in [-0.25, -0.2) is 0 Å². The van der Waals surface area contributed by atoms with Gasteiger partial charge in [0.2, 0.25) is 11.8 Å². The van der Waals surface area contributed by atoms with Crippen LogP contribution in [0.1, 0.15) is 24.0 Å². The highest BCUT2D eigenvalue weighted by Crippen LogP contribution is 2.10. The minimum atomic E-state index is -0.424. The molecule has 0 fully saturated rings. The zero-order valence-corrected chi connectivity index (χ0v) is 17.6. The lowest BCUT2D eigenvalue weighted by Gasteiger charge is -2.10. The van der Waals surface area contributed by atoms with Crippen LogP contribution >= 0.6 is 12.2 Å². The summed E-state index contributed by atoms with van der Waals surface area (Å²) in [6.45, 7) is 0.278. The van der Waals surface area contributed by atoms with E-state index in [4.69, 9.17) is 17.0 Å². The molecular weight excluding hydrogens is 402 g/mol. The highest BCUT2D eigenvalue weighted by atomic mass is 32.1. The lowest BCUT2D eigenvalue weighted by Crippen LogP contribution is -2.34. The zero-order chi connectivity index (χ0) is 21.8. The molecule has 0 radical (unpaired) electrons. The maximum absolute atomic E-state index is 12.0. The minimum absolute atomic E-state index is 0.0164. The number of hydrogen-bond acceptors (Lipinski definition) is 5. The predicted octanol–water partition coefficient (Wildman–Crippen LogP) is 2.35. The number of anilines is 1. The lowest BCUT2D eigenvalue weighted by molar-refractivity contribution is -0.144. The summed E-state index contributed by atoms with van der Waals surface area (Å²) in [6.07, 6.45) is 0.891. The van der Waals surface area contributed by atoms with Crippen molar-refractivity contribution in [1.29, 1.82) is 0 Å². The van der Waals surface area contributed by atoms with Crippen molar-refractivity contribution in [3.8, 4) is 0 Å². The average Bonchev–Trinajstić information content (AvgIpc) is 2.74. The van der Waals surface area contributed by atoms with Crippen LogP contribution in [0.3, 0.4) is 0 Å². The molecule has 30 heavy (non-hydrogen) atoms. The van der Waals surface area contributed by atoms with Gasteiger partial charge in [0.15, 0.2) is 5.11 Å². The van der Waals surface area contributed by atoms with Gasteiger partial charge in [-0.2, -0.15) is 0 Å². The van der Waals surface area contributed by atoms with E-state index in [1.54, 1.807) is 31.3 Å². The molecule has 0 aliphatic carbocycles.